The van der Waals surface area contributed by atoms with Gasteiger partial charge in [0.05, 0.1) is 15.5 Å². The molecule has 30 heavy (non-hydrogen) atoms. The van der Waals surface area contributed by atoms with Gasteiger partial charge in [0.25, 0.3) is 11.6 Å². The number of rotatable bonds is 4. The summed E-state index contributed by atoms with van der Waals surface area (Å²) in [6.45, 7) is 1.77. The quantitative estimate of drug-likeness (QED) is 0.416. The first-order chi connectivity index (χ1) is 14.4. The Morgan fingerprint density at radius 2 is 1.73 bits per heavy atom. The molecule has 0 spiro atoms. The highest BCUT2D eigenvalue weighted by Gasteiger charge is 2.30. The zero-order valence-corrected chi connectivity index (χ0v) is 16.8. The second kappa shape index (κ2) is 8.31. The minimum Gasteiger partial charge on any atom is -0.486 e. The highest BCUT2D eigenvalue weighted by Crippen LogP contribution is 2.33. The van der Waals surface area contributed by atoms with Crippen molar-refractivity contribution >= 4 is 29.0 Å². The Morgan fingerprint density at radius 1 is 1.03 bits per heavy atom. The zero-order chi connectivity index (χ0) is 21.3. The Kier molecular flexibility index (Phi) is 5.59. The van der Waals surface area contributed by atoms with Crippen molar-refractivity contribution in [1.29, 1.82) is 0 Å². The van der Waals surface area contributed by atoms with Crippen molar-refractivity contribution < 1.29 is 24.0 Å². The van der Waals surface area contributed by atoms with Gasteiger partial charge in [-0.1, -0.05) is 11.6 Å². The standard InChI is InChI=1S/C21H19ClN2O6/c22-17-12-15(24(27)28)2-3-16(17)21(26)23-7-5-13(6-8-23)20(25)14-1-4-18-19(11-14)30-10-9-29-18/h1-4,11-13H,5-10H2. The van der Waals surface area contributed by atoms with E-state index in [9.17, 15) is 19.7 Å². The molecule has 0 radical (unpaired) electrons. The molecule has 0 saturated carbocycles. The summed E-state index contributed by atoms with van der Waals surface area (Å²) in [5.41, 5.74) is 0.626. The fourth-order valence-electron chi connectivity index (χ4n) is 3.74. The number of ketones is 1. The van der Waals surface area contributed by atoms with Crippen LogP contribution in [0.1, 0.15) is 33.6 Å². The SMILES string of the molecule is O=C(c1ccc2c(c1)OCCO2)C1CCN(C(=O)c2ccc([N+](=O)[O-])cc2Cl)CC1. The number of nitro benzene ring substituents is 1. The lowest BCUT2D eigenvalue weighted by Crippen LogP contribution is -2.40. The minimum absolute atomic E-state index is 0.0208. The molecule has 2 aliphatic rings. The van der Waals surface area contributed by atoms with E-state index in [2.05, 4.69) is 0 Å². The lowest BCUT2D eigenvalue weighted by Gasteiger charge is -2.31. The molecular weight excluding hydrogens is 412 g/mol. The Hall–Kier alpha value is -3.13. The number of hydrogen-bond donors (Lipinski definition) is 0. The lowest BCUT2D eigenvalue weighted by molar-refractivity contribution is -0.384. The summed E-state index contributed by atoms with van der Waals surface area (Å²) in [7, 11) is 0. The zero-order valence-electron chi connectivity index (χ0n) is 16.0. The van der Waals surface area contributed by atoms with Gasteiger partial charge in [-0.2, -0.15) is 0 Å². The topological polar surface area (TPSA) is 99.0 Å². The second-order valence-corrected chi connectivity index (χ2v) is 7.62. The average molecular weight is 431 g/mol. The number of halogens is 1. The van der Waals surface area contributed by atoms with Crippen molar-refractivity contribution in [1.82, 2.24) is 4.90 Å². The molecule has 156 valence electrons. The maximum atomic E-state index is 12.9. The van der Waals surface area contributed by atoms with E-state index < -0.39 is 4.92 Å². The molecule has 0 unspecified atom stereocenters. The van der Waals surface area contributed by atoms with Gasteiger partial charge in [0.15, 0.2) is 17.3 Å². The van der Waals surface area contributed by atoms with Gasteiger partial charge in [-0.05, 0) is 37.1 Å². The molecule has 2 aromatic rings. The highest BCUT2D eigenvalue weighted by molar-refractivity contribution is 6.34. The van der Waals surface area contributed by atoms with Gasteiger partial charge in [0, 0.05) is 36.7 Å². The van der Waals surface area contributed by atoms with Crippen LogP contribution in [0.2, 0.25) is 5.02 Å². The van der Waals surface area contributed by atoms with Crippen molar-refractivity contribution in [2.75, 3.05) is 26.3 Å². The van der Waals surface area contributed by atoms with E-state index in [0.29, 0.717) is 56.2 Å². The van der Waals surface area contributed by atoms with Crippen molar-refractivity contribution in [3.05, 3.63) is 62.7 Å². The van der Waals surface area contributed by atoms with Crippen LogP contribution in [-0.2, 0) is 0 Å². The number of non-ortho nitro benzene ring substituents is 1. The van der Waals surface area contributed by atoms with E-state index in [-0.39, 0.29) is 33.9 Å². The third-order valence-corrected chi connectivity index (χ3v) is 5.69. The number of nitro groups is 1. The van der Waals surface area contributed by atoms with E-state index in [0.717, 1.165) is 0 Å². The third-order valence-electron chi connectivity index (χ3n) is 5.37. The van der Waals surface area contributed by atoms with E-state index in [1.54, 1.807) is 23.1 Å². The van der Waals surface area contributed by atoms with Crippen molar-refractivity contribution in [2.24, 2.45) is 5.92 Å². The van der Waals surface area contributed by atoms with E-state index in [1.807, 2.05) is 0 Å². The summed E-state index contributed by atoms with van der Waals surface area (Å²) in [6.07, 6.45) is 1.06. The molecular formula is C21H19ClN2O6. The maximum absolute atomic E-state index is 12.9. The predicted molar refractivity (Wildman–Crippen MR) is 108 cm³/mol. The van der Waals surface area contributed by atoms with Gasteiger partial charge in [-0.15, -0.1) is 0 Å². The summed E-state index contributed by atoms with van der Waals surface area (Å²) in [5, 5.41) is 10.9. The van der Waals surface area contributed by atoms with Gasteiger partial charge in [0.1, 0.15) is 13.2 Å². The molecule has 9 heteroatoms. The average Bonchev–Trinajstić information content (AvgIpc) is 2.77. The van der Waals surface area contributed by atoms with Crippen LogP contribution in [0, 0.1) is 16.0 Å². The van der Waals surface area contributed by atoms with Crippen molar-refractivity contribution in [3.63, 3.8) is 0 Å². The van der Waals surface area contributed by atoms with E-state index in [1.165, 1.54) is 18.2 Å². The smallest absolute Gasteiger partial charge is 0.270 e. The Labute approximate surface area is 177 Å². The lowest BCUT2D eigenvalue weighted by atomic mass is 9.88. The predicted octanol–water partition coefficient (Wildman–Crippen LogP) is 3.75. The Morgan fingerprint density at radius 3 is 2.40 bits per heavy atom. The first kappa shape index (κ1) is 20.2. The molecule has 2 aliphatic heterocycles. The number of piperidine rings is 1. The molecule has 0 N–H and O–H groups in total. The number of nitrogens with zero attached hydrogens (tertiary/aromatic N) is 2. The van der Waals surface area contributed by atoms with E-state index in [4.69, 9.17) is 21.1 Å². The van der Waals surface area contributed by atoms with Gasteiger partial charge in [-0.25, -0.2) is 0 Å². The van der Waals surface area contributed by atoms with E-state index >= 15 is 0 Å². The molecule has 2 aromatic carbocycles. The molecule has 1 fully saturated rings. The van der Waals surface area contributed by atoms with Gasteiger partial charge < -0.3 is 14.4 Å². The van der Waals surface area contributed by atoms with Crippen LogP contribution in [-0.4, -0.2) is 47.8 Å². The molecule has 2 heterocycles. The normalized spacial score (nSPS) is 16.2. The number of likely N-dealkylation sites (tertiary alicyclic amines) is 1. The van der Waals surface area contributed by atoms with Crippen LogP contribution < -0.4 is 9.47 Å². The molecule has 1 amide bonds. The molecule has 0 bridgehead atoms. The van der Waals surface area contributed by atoms with Crippen LogP contribution in [0.15, 0.2) is 36.4 Å². The molecule has 4 rings (SSSR count). The van der Waals surface area contributed by atoms with Gasteiger partial charge in [-0.3, -0.25) is 19.7 Å². The minimum atomic E-state index is -0.560. The fraction of sp³-hybridized carbons (Fsp3) is 0.333. The maximum Gasteiger partial charge on any atom is 0.270 e. The van der Waals surface area contributed by atoms with Crippen molar-refractivity contribution in [2.45, 2.75) is 12.8 Å². The molecule has 8 nitrogen and oxygen atoms in total. The number of Topliss-reactive ketones (excluding diaryl/α,β-unsaturated/α-hetero) is 1. The van der Waals surface area contributed by atoms with Crippen molar-refractivity contribution in [3.8, 4) is 11.5 Å². The fourth-order valence-corrected chi connectivity index (χ4v) is 3.99. The number of carbonyl (C=O) groups excluding carboxylic acids is 2. The number of ether oxygens (including phenoxy) is 2. The number of benzene rings is 2. The molecule has 0 atom stereocenters. The summed E-state index contributed by atoms with van der Waals surface area (Å²) < 4.78 is 11.0. The number of fused-ring (bicyclic) bond motifs is 1. The monoisotopic (exact) mass is 430 g/mol. The highest BCUT2D eigenvalue weighted by atomic mass is 35.5. The van der Waals surface area contributed by atoms with Crippen LogP contribution in [0.25, 0.3) is 0 Å². The van der Waals surface area contributed by atoms with Gasteiger partial charge in [0.2, 0.25) is 0 Å². The first-order valence-corrected chi connectivity index (χ1v) is 9.99. The van der Waals surface area contributed by atoms with Crippen LogP contribution in [0.5, 0.6) is 11.5 Å². The van der Waals surface area contributed by atoms with Gasteiger partial charge >= 0.3 is 0 Å². The summed E-state index contributed by atoms with van der Waals surface area (Å²) in [4.78, 5) is 37.6. The Balaban J connectivity index is 1.40. The Bertz CT molecular complexity index is 1020. The van der Waals surface area contributed by atoms with Crippen LogP contribution >= 0.6 is 11.6 Å². The summed E-state index contributed by atoms with van der Waals surface area (Å²) >= 11 is 6.08. The van der Waals surface area contributed by atoms with Crippen LogP contribution in [0.3, 0.4) is 0 Å². The molecule has 0 aromatic heterocycles. The third kappa shape index (κ3) is 3.95. The number of hydrogen-bond acceptors (Lipinski definition) is 6. The molecule has 0 aliphatic carbocycles. The largest absolute Gasteiger partial charge is 0.486 e. The number of carbonyl (C=O) groups is 2. The molecule has 1 saturated heterocycles. The summed E-state index contributed by atoms with van der Waals surface area (Å²) in [6, 6.07) is 9.01. The van der Waals surface area contributed by atoms with Crippen LogP contribution in [0.4, 0.5) is 5.69 Å². The summed E-state index contributed by atoms with van der Waals surface area (Å²) in [5.74, 6) is 0.752. The first-order valence-electron chi connectivity index (χ1n) is 9.61. The second-order valence-electron chi connectivity index (χ2n) is 7.21. The number of amides is 1.